The molecule has 7 nitrogen and oxygen atoms in total. The average molecular weight is 448 g/mol. The van der Waals surface area contributed by atoms with Gasteiger partial charge in [0.2, 0.25) is 5.91 Å². The van der Waals surface area contributed by atoms with E-state index >= 15 is 0 Å². The molecule has 2 N–H and O–H groups in total. The van der Waals surface area contributed by atoms with E-state index in [1.54, 1.807) is 37.5 Å². The Hall–Kier alpha value is -3.91. The summed E-state index contributed by atoms with van der Waals surface area (Å²) in [4.78, 5) is 39.0. The van der Waals surface area contributed by atoms with E-state index in [-0.39, 0.29) is 12.2 Å². The highest BCUT2D eigenvalue weighted by molar-refractivity contribution is 7.11. The Balaban J connectivity index is 1.42. The monoisotopic (exact) mass is 447 g/mol. The van der Waals surface area contributed by atoms with Crippen LogP contribution in [0.15, 0.2) is 65.7 Å². The highest BCUT2D eigenvalue weighted by atomic mass is 32.1. The maximum Gasteiger partial charge on any atom is 0.329 e. The number of carbonyl (C=O) groups excluding carboxylic acids is 3. The number of hydrogen-bond donors (Lipinski definition) is 2. The van der Waals surface area contributed by atoms with Crippen molar-refractivity contribution >= 4 is 40.9 Å². The molecule has 4 amide bonds. The number of methoxy groups -OCH3 is 1. The number of benzene rings is 2. The molecule has 2 aromatic carbocycles. The van der Waals surface area contributed by atoms with Gasteiger partial charge in [-0.2, -0.15) is 0 Å². The molecule has 0 bridgehead atoms. The van der Waals surface area contributed by atoms with Crippen molar-refractivity contribution in [2.24, 2.45) is 0 Å². The van der Waals surface area contributed by atoms with Crippen molar-refractivity contribution in [2.45, 2.75) is 6.92 Å². The number of ether oxygens (including phenoxy) is 1. The second-order valence-electron chi connectivity index (χ2n) is 7.26. The first kappa shape index (κ1) is 21.3. The van der Waals surface area contributed by atoms with E-state index in [0.717, 1.165) is 20.9 Å². The number of rotatable bonds is 6. The zero-order chi connectivity index (χ0) is 22.7. The molecule has 8 heteroatoms. The van der Waals surface area contributed by atoms with Crippen LogP contribution < -0.4 is 15.4 Å². The summed E-state index contributed by atoms with van der Waals surface area (Å²) in [5.41, 5.74) is 3.98. The molecule has 0 atom stereocenters. The molecule has 0 saturated carbocycles. The standard InChI is InChI=1S/C24H21N3O4S/c1-15-3-5-16(6-4-15)17-11-20(32-14-17)12-21-23(29)27(24(30)26-21)13-22(28)25-18-7-9-19(31-2)10-8-18/h3-12,14H,13H2,1-2H3,(H,25,28)(H,26,30)/b21-12-. The van der Waals surface area contributed by atoms with E-state index in [1.807, 2.05) is 42.6 Å². The summed E-state index contributed by atoms with van der Waals surface area (Å²) < 4.78 is 5.08. The summed E-state index contributed by atoms with van der Waals surface area (Å²) in [6.45, 7) is 1.65. The lowest BCUT2D eigenvalue weighted by Crippen LogP contribution is -2.38. The van der Waals surface area contributed by atoms with Crippen LogP contribution in [0.25, 0.3) is 17.2 Å². The van der Waals surface area contributed by atoms with Gasteiger partial charge in [-0.05, 0) is 59.8 Å². The second kappa shape index (κ2) is 9.07. The number of hydrogen-bond acceptors (Lipinski definition) is 5. The van der Waals surface area contributed by atoms with Crippen LogP contribution in [0.1, 0.15) is 10.4 Å². The number of nitrogens with one attached hydrogen (secondary N) is 2. The van der Waals surface area contributed by atoms with Crippen LogP contribution in [0.2, 0.25) is 0 Å². The van der Waals surface area contributed by atoms with Crippen molar-refractivity contribution < 1.29 is 19.1 Å². The molecule has 1 aliphatic heterocycles. The van der Waals surface area contributed by atoms with Gasteiger partial charge in [0.25, 0.3) is 5.91 Å². The Bertz CT molecular complexity index is 1200. The van der Waals surface area contributed by atoms with Crippen molar-refractivity contribution in [1.29, 1.82) is 0 Å². The number of aryl methyl sites for hydroxylation is 1. The lowest BCUT2D eigenvalue weighted by molar-refractivity contribution is -0.127. The number of thiophene rings is 1. The molecule has 1 saturated heterocycles. The highest BCUT2D eigenvalue weighted by Crippen LogP contribution is 2.28. The Morgan fingerprint density at radius 3 is 2.50 bits per heavy atom. The van der Waals surface area contributed by atoms with Gasteiger partial charge in [0.1, 0.15) is 18.0 Å². The SMILES string of the molecule is COc1ccc(NC(=O)CN2C(=O)N/C(=C\c3cc(-c4ccc(C)cc4)cs3)C2=O)cc1. The van der Waals surface area contributed by atoms with Crippen LogP contribution in [0.3, 0.4) is 0 Å². The molecule has 1 aliphatic rings. The number of carbonyl (C=O) groups is 3. The number of urea groups is 1. The van der Waals surface area contributed by atoms with Gasteiger partial charge in [-0.25, -0.2) is 9.69 Å². The number of amides is 4. The highest BCUT2D eigenvalue weighted by Gasteiger charge is 2.35. The zero-order valence-electron chi connectivity index (χ0n) is 17.5. The van der Waals surface area contributed by atoms with Crippen molar-refractivity contribution in [2.75, 3.05) is 19.0 Å². The first-order chi connectivity index (χ1) is 15.4. The number of imide groups is 1. The number of nitrogens with zero attached hydrogens (tertiary/aromatic N) is 1. The minimum absolute atomic E-state index is 0.143. The molecular weight excluding hydrogens is 426 g/mol. The van der Waals surface area contributed by atoms with Crippen molar-refractivity contribution in [3.8, 4) is 16.9 Å². The average Bonchev–Trinajstić information content (AvgIpc) is 3.35. The van der Waals surface area contributed by atoms with Gasteiger partial charge in [0.15, 0.2) is 0 Å². The molecule has 0 spiro atoms. The Labute approximate surface area is 189 Å². The van der Waals surface area contributed by atoms with E-state index in [0.29, 0.717) is 11.4 Å². The van der Waals surface area contributed by atoms with Crippen molar-refractivity contribution in [3.05, 3.63) is 76.1 Å². The van der Waals surface area contributed by atoms with Crippen molar-refractivity contribution in [1.82, 2.24) is 10.2 Å². The summed E-state index contributed by atoms with van der Waals surface area (Å²) >= 11 is 1.47. The Morgan fingerprint density at radius 1 is 1.09 bits per heavy atom. The predicted molar refractivity (Wildman–Crippen MR) is 124 cm³/mol. The van der Waals surface area contributed by atoms with E-state index in [9.17, 15) is 14.4 Å². The van der Waals surface area contributed by atoms with Crippen LogP contribution in [0, 0.1) is 6.92 Å². The number of anilines is 1. The van der Waals surface area contributed by atoms with Gasteiger partial charge < -0.3 is 15.4 Å². The van der Waals surface area contributed by atoms with Gasteiger partial charge in [0, 0.05) is 10.6 Å². The lowest BCUT2D eigenvalue weighted by Gasteiger charge is -2.12. The van der Waals surface area contributed by atoms with E-state index < -0.39 is 17.8 Å². The molecule has 0 aliphatic carbocycles. The first-order valence-corrected chi connectivity index (χ1v) is 10.7. The summed E-state index contributed by atoms with van der Waals surface area (Å²) in [5, 5.41) is 7.22. The minimum atomic E-state index is -0.624. The summed E-state index contributed by atoms with van der Waals surface area (Å²) in [6.07, 6.45) is 1.63. The normalized spacial score (nSPS) is 14.6. The minimum Gasteiger partial charge on any atom is -0.497 e. The van der Waals surface area contributed by atoms with Crippen LogP contribution >= 0.6 is 11.3 Å². The predicted octanol–water partition coefficient (Wildman–Crippen LogP) is 4.26. The molecule has 3 aromatic rings. The summed E-state index contributed by atoms with van der Waals surface area (Å²) in [6, 6.07) is 16.3. The molecule has 0 unspecified atom stereocenters. The molecule has 0 radical (unpaired) electrons. The van der Waals surface area contributed by atoms with Crippen LogP contribution in [-0.4, -0.2) is 36.4 Å². The second-order valence-corrected chi connectivity index (χ2v) is 8.20. The molecule has 1 aromatic heterocycles. The largest absolute Gasteiger partial charge is 0.497 e. The zero-order valence-corrected chi connectivity index (χ0v) is 18.4. The third kappa shape index (κ3) is 4.70. The van der Waals surface area contributed by atoms with Gasteiger partial charge in [-0.1, -0.05) is 29.8 Å². The smallest absolute Gasteiger partial charge is 0.329 e. The molecule has 1 fully saturated rings. The van der Waals surface area contributed by atoms with Crippen LogP contribution in [0.5, 0.6) is 5.75 Å². The summed E-state index contributed by atoms with van der Waals surface area (Å²) in [5.74, 6) is -0.353. The van der Waals surface area contributed by atoms with E-state index in [2.05, 4.69) is 10.6 Å². The lowest BCUT2D eigenvalue weighted by atomic mass is 10.1. The topological polar surface area (TPSA) is 87.7 Å². The quantitative estimate of drug-likeness (QED) is 0.437. The summed E-state index contributed by atoms with van der Waals surface area (Å²) in [7, 11) is 1.55. The molecular formula is C24H21N3O4S. The first-order valence-electron chi connectivity index (χ1n) is 9.87. The Morgan fingerprint density at radius 2 is 1.81 bits per heavy atom. The fourth-order valence-corrected chi connectivity index (χ4v) is 4.05. The molecule has 32 heavy (non-hydrogen) atoms. The van der Waals surface area contributed by atoms with Gasteiger partial charge >= 0.3 is 6.03 Å². The third-order valence-electron chi connectivity index (χ3n) is 4.93. The van der Waals surface area contributed by atoms with Gasteiger partial charge in [-0.3, -0.25) is 9.59 Å². The third-order valence-corrected chi connectivity index (χ3v) is 5.81. The molecule has 4 rings (SSSR count). The molecule has 2 heterocycles. The van der Waals surface area contributed by atoms with Crippen LogP contribution in [-0.2, 0) is 9.59 Å². The van der Waals surface area contributed by atoms with Gasteiger partial charge in [0.05, 0.1) is 7.11 Å². The Kier molecular flexibility index (Phi) is 6.04. The van der Waals surface area contributed by atoms with E-state index in [4.69, 9.17) is 4.74 Å². The maximum atomic E-state index is 12.7. The molecule has 162 valence electrons. The van der Waals surface area contributed by atoms with E-state index in [1.165, 1.54) is 16.9 Å². The fraction of sp³-hybridized carbons (Fsp3) is 0.125. The van der Waals surface area contributed by atoms with Gasteiger partial charge in [-0.15, -0.1) is 11.3 Å². The van der Waals surface area contributed by atoms with Crippen LogP contribution in [0.4, 0.5) is 10.5 Å². The maximum absolute atomic E-state index is 12.7. The fourth-order valence-electron chi connectivity index (χ4n) is 3.20. The van der Waals surface area contributed by atoms with Crippen molar-refractivity contribution in [3.63, 3.8) is 0 Å².